The molecule has 0 atom stereocenters. The van der Waals surface area contributed by atoms with E-state index in [1.165, 1.54) is 44.5 Å². The standard InChI is InChI=1S/C52H76Ge2/c1-29-25-41(49(13,14)15)45(37(9)33(29)5)53(46-38(10)34(6)30(2)26-42(46)50(16,17)18)54(47-39(11)35(7)31(3)27-43(47)51(19,20)21)48-40(12)36(8)32(4)28-44(48)52(22,23)24/h25-28H,1-24H3. The molecule has 0 heterocycles. The minimum atomic E-state index is -2.61. The molecule has 4 aromatic rings. The van der Waals surface area contributed by atoms with Crippen molar-refractivity contribution in [2.45, 2.75) is 188 Å². The van der Waals surface area contributed by atoms with Gasteiger partial charge in [0.1, 0.15) is 0 Å². The van der Waals surface area contributed by atoms with Crippen LogP contribution >= 0.6 is 0 Å². The molecule has 0 radical (unpaired) electrons. The Kier molecular flexibility index (Phi) is 12.4. The minimum absolute atomic E-state index is 0.00592. The summed E-state index contributed by atoms with van der Waals surface area (Å²) >= 11 is -5.22. The molecule has 0 spiro atoms. The van der Waals surface area contributed by atoms with Crippen molar-refractivity contribution in [2.75, 3.05) is 0 Å². The quantitative estimate of drug-likeness (QED) is 0.180. The van der Waals surface area contributed by atoms with Crippen molar-refractivity contribution in [3.05, 3.63) is 113 Å². The van der Waals surface area contributed by atoms with Gasteiger partial charge in [-0.15, -0.1) is 0 Å². The fraction of sp³-hybridized carbons (Fsp3) is 0.538. The second-order valence-electron chi connectivity index (χ2n) is 21.2. The van der Waals surface area contributed by atoms with Gasteiger partial charge in [0.25, 0.3) is 0 Å². The predicted octanol–water partition coefficient (Wildman–Crippen LogP) is 11.6. The Morgan fingerprint density at radius 2 is 0.407 bits per heavy atom. The third-order valence-electron chi connectivity index (χ3n) is 13.1. The number of rotatable bonds is 4. The van der Waals surface area contributed by atoms with Crippen LogP contribution in [0.15, 0.2) is 24.3 Å². The van der Waals surface area contributed by atoms with E-state index in [1.807, 2.05) is 0 Å². The third-order valence-corrected chi connectivity index (χ3v) is 40.1. The van der Waals surface area contributed by atoms with E-state index in [2.05, 4.69) is 190 Å². The topological polar surface area (TPSA) is 0 Å². The molecule has 0 N–H and O–H groups in total. The second kappa shape index (κ2) is 15.0. The SMILES string of the molecule is Cc1cc(C(C)(C)C)[c]([Ge]([c]2c(C(C)(C)C)cc(C)c(C)c2C)=[Ge]([c]2c(C(C)(C)C)cc(C)c(C)c2C)[c]2c(C(C)(C)C)cc(C)c(C)c2C)c(C)c1C. The molecular formula is C52H76Ge2. The molecule has 54 heavy (non-hydrogen) atoms. The Labute approximate surface area is 340 Å². The van der Waals surface area contributed by atoms with Gasteiger partial charge in [-0.1, -0.05) is 0 Å². The van der Waals surface area contributed by atoms with Gasteiger partial charge in [-0.3, -0.25) is 0 Å². The van der Waals surface area contributed by atoms with Crippen molar-refractivity contribution >= 4 is 41.3 Å². The summed E-state index contributed by atoms with van der Waals surface area (Å²) < 4.78 is 7.08. The van der Waals surface area contributed by atoms with Crippen LogP contribution in [0, 0.1) is 83.1 Å². The molecule has 0 amide bonds. The van der Waals surface area contributed by atoms with Crippen molar-refractivity contribution in [1.82, 2.24) is 0 Å². The molecule has 0 aliphatic rings. The van der Waals surface area contributed by atoms with Gasteiger partial charge in [-0.05, 0) is 0 Å². The summed E-state index contributed by atoms with van der Waals surface area (Å²) in [5, 5.41) is 0. The van der Waals surface area contributed by atoms with Gasteiger partial charge in [0.2, 0.25) is 0 Å². The Balaban J connectivity index is 2.78. The van der Waals surface area contributed by atoms with Gasteiger partial charge < -0.3 is 0 Å². The van der Waals surface area contributed by atoms with Crippen LogP contribution in [-0.2, 0) is 21.7 Å². The molecule has 2 heteroatoms. The zero-order valence-electron chi connectivity index (χ0n) is 39.3. The monoisotopic (exact) mass is 848 g/mol. The summed E-state index contributed by atoms with van der Waals surface area (Å²) in [5.41, 5.74) is 24.3. The molecule has 0 saturated heterocycles. The van der Waals surface area contributed by atoms with E-state index in [4.69, 9.17) is 0 Å². The Morgan fingerprint density at radius 3 is 0.537 bits per heavy atom. The Hall–Kier alpha value is -2.03. The van der Waals surface area contributed by atoms with Gasteiger partial charge in [0, 0.05) is 0 Å². The van der Waals surface area contributed by atoms with E-state index in [0.29, 0.717) is 0 Å². The van der Waals surface area contributed by atoms with Crippen LogP contribution < -0.4 is 17.6 Å². The first-order chi connectivity index (χ1) is 24.3. The van der Waals surface area contributed by atoms with Gasteiger partial charge >= 0.3 is 342 Å². The molecule has 292 valence electrons. The van der Waals surface area contributed by atoms with E-state index in [9.17, 15) is 0 Å². The normalized spacial score (nSPS) is 12.8. The first-order valence-electron chi connectivity index (χ1n) is 20.6. The van der Waals surface area contributed by atoms with Crippen molar-refractivity contribution in [3.8, 4) is 0 Å². The van der Waals surface area contributed by atoms with Crippen molar-refractivity contribution in [3.63, 3.8) is 0 Å². The van der Waals surface area contributed by atoms with Crippen LogP contribution in [0.5, 0.6) is 0 Å². The summed E-state index contributed by atoms with van der Waals surface area (Å²) in [5.74, 6) is 0. The van der Waals surface area contributed by atoms with Gasteiger partial charge in [-0.2, -0.15) is 0 Å². The summed E-state index contributed by atoms with van der Waals surface area (Å²) in [6, 6.07) is 10.5. The Bertz CT molecular complexity index is 1880. The van der Waals surface area contributed by atoms with Crippen LogP contribution in [0.1, 0.15) is 172 Å². The summed E-state index contributed by atoms with van der Waals surface area (Å²) in [6.45, 7) is 58.9. The van der Waals surface area contributed by atoms with E-state index in [0.717, 1.165) is 0 Å². The molecule has 0 bridgehead atoms. The molecule has 0 fully saturated rings. The summed E-state index contributed by atoms with van der Waals surface area (Å²) in [4.78, 5) is 0. The van der Waals surface area contributed by atoms with Crippen LogP contribution in [0.2, 0.25) is 0 Å². The molecule has 0 aromatic heterocycles. The number of hydrogen-bond acceptors (Lipinski definition) is 0. The molecular weight excluding hydrogens is 770 g/mol. The molecule has 0 saturated carbocycles. The Morgan fingerprint density at radius 1 is 0.259 bits per heavy atom. The third kappa shape index (κ3) is 8.05. The van der Waals surface area contributed by atoms with Crippen LogP contribution in [-0.4, -0.2) is 23.7 Å². The maximum atomic E-state index is 2.63. The first-order valence-corrected chi connectivity index (χ1v) is 31.3. The van der Waals surface area contributed by atoms with Crippen molar-refractivity contribution < 1.29 is 0 Å². The van der Waals surface area contributed by atoms with E-state index >= 15 is 0 Å². The van der Waals surface area contributed by atoms with Crippen molar-refractivity contribution in [2.24, 2.45) is 0 Å². The number of hydrogen-bond donors (Lipinski definition) is 0. The molecule has 0 aliphatic carbocycles. The summed E-state index contributed by atoms with van der Waals surface area (Å²) in [6.07, 6.45) is 0. The van der Waals surface area contributed by atoms with E-state index in [1.54, 1.807) is 62.1 Å². The van der Waals surface area contributed by atoms with E-state index in [-0.39, 0.29) is 21.7 Å². The van der Waals surface area contributed by atoms with Crippen LogP contribution in [0.4, 0.5) is 0 Å². The molecule has 0 aliphatic heterocycles. The molecule has 4 aromatic carbocycles. The van der Waals surface area contributed by atoms with Gasteiger partial charge in [0.05, 0.1) is 0 Å². The average molecular weight is 846 g/mol. The fourth-order valence-electron chi connectivity index (χ4n) is 8.73. The zero-order valence-corrected chi connectivity index (χ0v) is 43.5. The number of benzene rings is 4. The fourth-order valence-corrected chi connectivity index (χ4v) is 47.6. The average Bonchev–Trinajstić information content (AvgIpc) is 3.02. The van der Waals surface area contributed by atoms with Gasteiger partial charge in [0.15, 0.2) is 0 Å². The zero-order chi connectivity index (χ0) is 41.5. The van der Waals surface area contributed by atoms with Gasteiger partial charge in [-0.25, -0.2) is 0 Å². The maximum absolute atomic E-state index is 2.63. The van der Waals surface area contributed by atoms with Crippen LogP contribution in [0.3, 0.4) is 0 Å². The van der Waals surface area contributed by atoms with Crippen molar-refractivity contribution in [1.29, 1.82) is 0 Å². The van der Waals surface area contributed by atoms with E-state index < -0.39 is 23.7 Å². The summed E-state index contributed by atoms with van der Waals surface area (Å²) in [7, 11) is 0. The predicted molar refractivity (Wildman–Crippen MR) is 247 cm³/mol. The van der Waals surface area contributed by atoms with Crippen LogP contribution in [0.25, 0.3) is 0 Å². The number of aryl methyl sites for hydroxylation is 4. The molecule has 4 rings (SSSR count). The second-order valence-corrected chi connectivity index (χ2v) is 39.5. The molecule has 0 unspecified atom stereocenters. The first kappa shape index (κ1) is 44.7. The molecule has 0 nitrogen and oxygen atoms in total.